The Morgan fingerprint density at radius 3 is 2.32 bits per heavy atom. The molecule has 1 heterocycles. The Hall–Kier alpha value is -1.99. The fraction of sp³-hybridized carbons (Fsp3) is 0.214. The van der Waals surface area contributed by atoms with Crippen LogP contribution >= 0.6 is 23.4 Å². The number of aryl methyl sites for hydroxylation is 1. The second-order valence-electron chi connectivity index (χ2n) is 4.07. The Morgan fingerprint density at radius 1 is 1.18 bits per heavy atom. The molecular weight excluding hydrogens is 328 g/mol. The number of benzene rings is 1. The van der Waals surface area contributed by atoms with Crippen LogP contribution in [0.3, 0.4) is 0 Å². The summed E-state index contributed by atoms with van der Waals surface area (Å²) in [7, 11) is 0. The Kier molecular flexibility index (Phi) is 8.09. The Labute approximate surface area is 136 Å². The minimum absolute atomic E-state index is 0.794. The van der Waals surface area contributed by atoms with Gasteiger partial charge >= 0.3 is 11.9 Å². The molecule has 22 heavy (non-hydrogen) atoms. The van der Waals surface area contributed by atoms with Crippen LogP contribution in [0.25, 0.3) is 0 Å². The zero-order chi connectivity index (χ0) is 16.4. The van der Waals surface area contributed by atoms with E-state index < -0.39 is 11.9 Å². The summed E-state index contributed by atoms with van der Waals surface area (Å²) in [5.41, 5.74) is 0. The minimum Gasteiger partial charge on any atom is -0.473 e. The third kappa shape index (κ3) is 7.70. The molecular formula is C14H15ClN2O4S. The summed E-state index contributed by atoms with van der Waals surface area (Å²) in [6.45, 7) is 1.03. The van der Waals surface area contributed by atoms with Crippen molar-refractivity contribution in [2.45, 2.75) is 17.9 Å². The average Bonchev–Trinajstić information content (AvgIpc) is 2.99. The van der Waals surface area contributed by atoms with Gasteiger partial charge in [-0.2, -0.15) is 0 Å². The summed E-state index contributed by atoms with van der Waals surface area (Å²) in [6.07, 6.45) is 6.80. The smallest absolute Gasteiger partial charge is 0.414 e. The normalized spacial score (nSPS) is 9.68. The van der Waals surface area contributed by atoms with E-state index in [1.807, 2.05) is 42.6 Å². The topological polar surface area (TPSA) is 92.4 Å². The lowest BCUT2D eigenvalue weighted by Crippen LogP contribution is -2.09. The van der Waals surface area contributed by atoms with Gasteiger partial charge in [0.2, 0.25) is 0 Å². The van der Waals surface area contributed by atoms with Crippen LogP contribution in [0.1, 0.15) is 6.42 Å². The maximum atomic E-state index is 9.10. The van der Waals surface area contributed by atoms with Crippen molar-refractivity contribution in [2.24, 2.45) is 0 Å². The first-order valence-electron chi connectivity index (χ1n) is 6.29. The van der Waals surface area contributed by atoms with Crippen LogP contribution in [0.15, 0.2) is 47.9 Å². The van der Waals surface area contributed by atoms with Crippen molar-refractivity contribution in [1.29, 1.82) is 0 Å². The number of hydrogen-bond acceptors (Lipinski definition) is 4. The van der Waals surface area contributed by atoms with E-state index in [1.165, 1.54) is 4.90 Å². The average molecular weight is 343 g/mol. The molecule has 0 fully saturated rings. The van der Waals surface area contributed by atoms with Crippen molar-refractivity contribution >= 4 is 35.3 Å². The van der Waals surface area contributed by atoms with Gasteiger partial charge in [-0.15, -0.1) is 11.8 Å². The fourth-order valence-electron chi connectivity index (χ4n) is 1.39. The first-order valence-corrected chi connectivity index (χ1v) is 7.65. The van der Waals surface area contributed by atoms with Gasteiger partial charge in [0.25, 0.3) is 0 Å². The molecule has 6 nitrogen and oxygen atoms in total. The lowest BCUT2D eigenvalue weighted by atomic mass is 10.4. The SMILES string of the molecule is Clc1ccc(SCCCn2ccnc2)cc1.O=C(O)C(=O)O. The van der Waals surface area contributed by atoms with Crippen molar-refractivity contribution in [3.63, 3.8) is 0 Å². The van der Waals surface area contributed by atoms with E-state index >= 15 is 0 Å². The monoisotopic (exact) mass is 342 g/mol. The molecule has 1 aromatic carbocycles. The Balaban J connectivity index is 0.000000346. The number of halogens is 1. The van der Waals surface area contributed by atoms with Gasteiger partial charge in [0.15, 0.2) is 0 Å². The van der Waals surface area contributed by atoms with E-state index in [4.69, 9.17) is 31.4 Å². The second kappa shape index (κ2) is 9.86. The van der Waals surface area contributed by atoms with Crippen LogP contribution in [0.4, 0.5) is 0 Å². The second-order valence-corrected chi connectivity index (χ2v) is 5.67. The quantitative estimate of drug-likeness (QED) is 0.493. The molecule has 0 amide bonds. The van der Waals surface area contributed by atoms with Gasteiger partial charge in [-0.25, -0.2) is 14.6 Å². The summed E-state index contributed by atoms with van der Waals surface area (Å²) < 4.78 is 2.10. The minimum atomic E-state index is -1.82. The van der Waals surface area contributed by atoms with Crippen LogP contribution in [-0.4, -0.2) is 37.5 Å². The number of rotatable bonds is 5. The number of thioether (sulfide) groups is 1. The van der Waals surface area contributed by atoms with E-state index in [0.717, 1.165) is 23.7 Å². The Morgan fingerprint density at radius 2 is 1.82 bits per heavy atom. The van der Waals surface area contributed by atoms with Crippen LogP contribution < -0.4 is 0 Å². The third-order valence-corrected chi connectivity index (χ3v) is 3.74. The number of carboxylic acid groups (broad SMARTS) is 2. The molecule has 0 radical (unpaired) electrons. The molecule has 0 unspecified atom stereocenters. The highest BCUT2D eigenvalue weighted by Gasteiger charge is 2.04. The highest BCUT2D eigenvalue weighted by Crippen LogP contribution is 2.20. The van der Waals surface area contributed by atoms with Crippen molar-refractivity contribution in [2.75, 3.05) is 5.75 Å². The van der Waals surface area contributed by atoms with Crippen LogP contribution in [0.5, 0.6) is 0 Å². The number of aromatic nitrogens is 2. The Bertz CT molecular complexity index is 575. The molecule has 0 aliphatic heterocycles. The number of nitrogens with zero attached hydrogens (tertiary/aromatic N) is 2. The first-order chi connectivity index (χ1) is 10.5. The molecule has 2 aromatic rings. The standard InChI is InChI=1S/C12H13ClN2S.C2H2O4/c13-11-2-4-12(5-3-11)16-9-1-7-15-8-6-14-10-15;3-1(4)2(5)6/h2-6,8,10H,1,7,9H2;(H,3,4)(H,5,6). The van der Waals surface area contributed by atoms with Crippen LogP contribution in [0.2, 0.25) is 5.02 Å². The number of hydrogen-bond donors (Lipinski definition) is 2. The lowest BCUT2D eigenvalue weighted by Gasteiger charge is -2.02. The maximum absolute atomic E-state index is 9.10. The molecule has 0 saturated heterocycles. The predicted octanol–water partition coefficient (Wildman–Crippen LogP) is 2.87. The summed E-state index contributed by atoms with van der Waals surface area (Å²) in [5.74, 6) is -2.54. The van der Waals surface area contributed by atoms with Gasteiger partial charge < -0.3 is 14.8 Å². The number of imidazole rings is 1. The number of carboxylic acids is 2. The maximum Gasteiger partial charge on any atom is 0.414 e. The molecule has 0 bridgehead atoms. The molecule has 0 saturated carbocycles. The van der Waals surface area contributed by atoms with Crippen LogP contribution in [0, 0.1) is 0 Å². The summed E-state index contributed by atoms with van der Waals surface area (Å²) in [6, 6.07) is 7.98. The van der Waals surface area contributed by atoms with E-state index in [2.05, 4.69) is 21.7 Å². The molecule has 0 aliphatic carbocycles. The van der Waals surface area contributed by atoms with Gasteiger partial charge in [-0.05, 0) is 36.4 Å². The molecule has 1 aromatic heterocycles. The van der Waals surface area contributed by atoms with Crippen molar-refractivity contribution < 1.29 is 19.8 Å². The molecule has 2 rings (SSSR count). The number of carbonyl (C=O) groups is 2. The van der Waals surface area contributed by atoms with E-state index in [-0.39, 0.29) is 0 Å². The van der Waals surface area contributed by atoms with E-state index in [1.54, 1.807) is 0 Å². The van der Waals surface area contributed by atoms with Crippen molar-refractivity contribution in [3.05, 3.63) is 48.0 Å². The molecule has 0 atom stereocenters. The van der Waals surface area contributed by atoms with E-state index in [9.17, 15) is 0 Å². The third-order valence-electron chi connectivity index (χ3n) is 2.39. The van der Waals surface area contributed by atoms with Gasteiger partial charge in [0.05, 0.1) is 6.33 Å². The van der Waals surface area contributed by atoms with Crippen molar-refractivity contribution in [3.8, 4) is 0 Å². The largest absolute Gasteiger partial charge is 0.473 e. The zero-order valence-corrected chi connectivity index (χ0v) is 13.1. The molecule has 118 valence electrons. The van der Waals surface area contributed by atoms with Crippen LogP contribution in [-0.2, 0) is 16.1 Å². The molecule has 0 aliphatic rings. The molecule has 2 N–H and O–H groups in total. The fourth-order valence-corrected chi connectivity index (χ4v) is 2.35. The molecule has 0 spiro atoms. The van der Waals surface area contributed by atoms with Gasteiger partial charge in [0, 0.05) is 28.9 Å². The summed E-state index contributed by atoms with van der Waals surface area (Å²) in [4.78, 5) is 23.5. The molecule has 8 heteroatoms. The predicted molar refractivity (Wildman–Crippen MR) is 84.3 cm³/mol. The zero-order valence-electron chi connectivity index (χ0n) is 11.6. The summed E-state index contributed by atoms with van der Waals surface area (Å²) >= 11 is 7.68. The van der Waals surface area contributed by atoms with Crippen molar-refractivity contribution in [1.82, 2.24) is 9.55 Å². The summed E-state index contributed by atoms with van der Waals surface area (Å²) in [5, 5.41) is 15.6. The number of aliphatic carboxylic acids is 2. The van der Waals surface area contributed by atoms with Gasteiger partial charge in [-0.3, -0.25) is 0 Å². The highest BCUT2D eigenvalue weighted by atomic mass is 35.5. The highest BCUT2D eigenvalue weighted by molar-refractivity contribution is 7.99. The van der Waals surface area contributed by atoms with Gasteiger partial charge in [-0.1, -0.05) is 11.6 Å². The first kappa shape index (κ1) is 18.1. The lowest BCUT2D eigenvalue weighted by molar-refractivity contribution is -0.159. The van der Waals surface area contributed by atoms with Gasteiger partial charge in [0.1, 0.15) is 0 Å². The van der Waals surface area contributed by atoms with E-state index in [0.29, 0.717) is 0 Å².